The average Bonchev–Trinajstić information content (AvgIpc) is 3.35. The number of ether oxygens (including phenoxy) is 7. The van der Waals surface area contributed by atoms with Gasteiger partial charge in [-0.05, 0) is 107 Å². The van der Waals surface area contributed by atoms with E-state index in [0.717, 1.165) is 12.0 Å². The summed E-state index contributed by atoms with van der Waals surface area (Å²) in [5.41, 5.74) is 1.26. The highest BCUT2D eigenvalue weighted by molar-refractivity contribution is 6.39. The van der Waals surface area contributed by atoms with Gasteiger partial charge in [0.2, 0.25) is 5.79 Å². The molecule has 3 N–H and O–H groups in total. The highest BCUT2D eigenvalue weighted by Gasteiger charge is 2.53. The Kier molecular flexibility index (Phi) is 24.9. The van der Waals surface area contributed by atoms with Crippen molar-refractivity contribution in [2.45, 2.75) is 180 Å². The minimum Gasteiger partial charge on any atom is -0.460 e. The number of carbonyl (C=O) groups excluding carboxylic acids is 5. The zero-order chi connectivity index (χ0) is 52.4. The third kappa shape index (κ3) is 17.0. The minimum atomic E-state index is -2.44. The molecule has 0 aromatic heterocycles. The van der Waals surface area contributed by atoms with Crippen LogP contribution >= 0.6 is 0 Å². The second kappa shape index (κ2) is 29.4. The van der Waals surface area contributed by atoms with Crippen LogP contribution in [0.15, 0.2) is 47.6 Å². The Morgan fingerprint density at radius 3 is 2.27 bits per heavy atom. The predicted molar refractivity (Wildman–Crippen MR) is 267 cm³/mol. The quantitative estimate of drug-likeness (QED) is 0.0858. The van der Waals surface area contributed by atoms with Crippen molar-refractivity contribution in [3.05, 3.63) is 47.6 Å². The number of nitrogens with zero attached hydrogens (tertiary/aromatic N) is 1. The number of esters is 1. The van der Waals surface area contributed by atoms with Gasteiger partial charge < -0.3 is 53.4 Å². The third-order valence-electron chi connectivity index (χ3n) is 15.2. The summed E-state index contributed by atoms with van der Waals surface area (Å²) in [6.07, 6.45) is 12.0. The lowest BCUT2D eigenvalue weighted by Gasteiger charge is -2.42. The molecule has 3 aliphatic heterocycles. The van der Waals surface area contributed by atoms with Crippen LogP contribution in [0.3, 0.4) is 0 Å². The highest BCUT2D eigenvalue weighted by Crippen LogP contribution is 2.38. The molecule has 4 aliphatic rings. The van der Waals surface area contributed by atoms with E-state index >= 15 is 0 Å². The van der Waals surface area contributed by atoms with Gasteiger partial charge in [0, 0.05) is 58.5 Å². The van der Waals surface area contributed by atoms with Crippen LogP contribution < -0.4 is 0 Å². The third-order valence-corrected chi connectivity index (χ3v) is 15.2. The van der Waals surface area contributed by atoms with E-state index in [4.69, 9.17) is 38.3 Å². The Hall–Kier alpha value is -3.45. The molecule has 0 aromatic carbocycles. The van der Waals surface area contributed by atoms with E-state index in [2.05, 4.69) is 0 Å². The van der Waals surface area contributed by atoms with Crippen LogP contribution in [-0.2, 0) is 57.1 Å². The molecule has 3 fully saturated rings. The van der Waals surface area contributed by atoms with Crippen LogP contribution in [0.1, 0.15) is 126 Å². The summed E-state index contributed by atoms with van der Waals surface area (Å²) in [4.78, 5) is 72.4. The summed E-state index contributed by atoms with van der Waals surface area (Å²) in [5.74, 6) is -7.99. The van der Waals surface area contributed by atoms with E-state index in [1.807, 2.05) is 58.1 Å². The molecule has 0 radical (unpaired) electrons. The first-order valence-electron chi connectivity index (χ1n) is 26.1. The van der Waals surface area contributed by atoms with Gasteiger partial charge in [-0.25, -0.2) is 4.79 Å². The van der Waals surface area contributed by atoms with Crippen LogP contribution in [0.2, 0.25) is 0 Å². The van der Waals surface area contributed by atoms with Gasteiger partial charge in [-0.2, -0.15) is 0 Å². The molecular formula is C55H87NO15. The molecule has 402 valence electrons. The van der Waals surface area contributed by atoms with Gasteiger partial charge in [0.1, 0.15) is 30.1 Å². The Bertz CT molecular complexity index is 1860. The summed E-state index contributed by atoms with van der Waals surface area (Å²) < 4.78 is 41.3. The van der Waals surface area contributed by atoms with Gasteiger partial charge in [0.15, 0.2) is 5.78 Å². The standard InChI is InChI=1S/C55H87NO15/c1-34-16-12-11-13-17-35(2)46(65-8)32-42-21-19-40(7)55(64,71-42)52(61)53(62)56-23-15-14-18-43(56)54(63)70-47(33-44(58)36(3)29-39(6)50(60)51(67-10)49(59)38(5)28-34)37(4)30-41-20-22-45(48(31-41)66-9)69-27-26-68-25-24-57/h11-13,16-17,29,34,36-38,40-43,45-48,50-51,57,60,64H,14-15,18-28,30-33H2,1-10H3/b13-11+,16-12-,35-17+,39-29+/t34-,36-,37-,38-,40-,41+,42+,43+,45-,46+,47+,48-,50-,51+,55-/m1/s1. The SMILES string of the molecule is CO[C@H]1C[C@@H]2CC[C@@H](C)[C@@](O)(O2)C(=O)C(=O)N2CCCC[C@H]2C(=O)O[C@H]([C@H](C)C[C@@H]2CC[C@@H](OCCOCCO)[C@H](OC)C2)CC(=O)[C@H](C)/C=C(\C)[C@@H](O)[C@@H](OC)C(=O)[C@H](C)C[C@H](C)\C=C/C=C/C=C/1C. The van der Waals surface area contributed by atoms with E-state index < -0.39 is 77.8 Å². The van der Waals surface area contributed by atoms with Crippen molar-refractivity contribution in [3.63, 3.8) is 0 Å². The number of carbonyl (C=O) groups is 5. The van der Waals surface area contributed by atoms with Crippen molar-refractivity contribution in [2.24, 2.45) is 35.5 Å². The number of Topliss-reactive ketones (excluding diaryl/α,β-unsaturated/α-hetero) is 3. The maximum absolute atomic E-state index is 14.5. The molecule has 2 saturated heterocycles. The van der Waals surface area contributed by atoms with Gasteiger partial charge in [-0.1, -0.05) is 71.1 Å². The fourth-order valence-electron chi connectivity index (χ4n) is 10.7. The normalized spacial score (nSPS) is 38.0. The molecule has 71 heavy (non-hydrogen) atoms. The molecule has 4 rings (SSSR count). The monoisotopic (exact) mass is 1000 g/mol. The number of rotatable bonds is 12. The smallest absolute Gasteiger partial charge is 0.329 e. The Morgan fingerprint density at radius 1 is 0.831 bits per heavy atom. The lowest BCUT2D eigenvalue weighted by atomic mass is 9.78. The summed E-state index contributed by atoms with van der Waals surface area (Å²) in [7, 11) is 4.60. The molecule has 1 amide bonds. The average molecular weight is 1000 g/mol. The summed E-state index contributed by atoms with van der Waals surface area (Å²) >= 11 is 0. The van der Waals surface area contributed by atoms with E-state index in [-0.39, 0.29) is 74.1 Å². The summed E-state index contributed by atoms with van der Waals surface area (Å²) in [6.45, 7) is 13.6. The van der Waals surface area contributed by atoms with Crippen molar-refractivity contribution in [1.82, 2.24) is 4.90 Å². The van der Waals surface area contributed by atoms with Crippen molar-refractivity contribution in [2.75, 3.05) is 54.3 Å². The van der Waals surface area contributed by atoms with Crippen LogP contribution in [-0.4, -0.2) is 158 Å². The van der Waals surface area contributed by atoms with E-state index in [9.17, 15) is 34.2 Å². The zero-order valence-corrected chi connectivity index (χ0v) is 44.3. The van der Waals surface area contributed by atoms with Gasteiger partial charge in [-0.3, -0.25) is 19.2 Å². The van der Waals surface area contributed by atoms with Crippen LogP contribution in [0.25, 0.3) is 0 Å². The van der Waals surface area contributed by atoms with Crippen molar-refractivity contribution >= 4 is 29.2 Å². The molecule has 0 unspecified atom stereocenters. The second-order valence-electron chi connectivity index (χ2n) is 20.8. The van der Waals surface area contributed by atoms with Crippen LogP contribution in [0.4, 0.5) is 0 Å². The number of aliphatic hydroxyl groups excluding tert-OH is 2. The lowest BCUT2D eigenvalue weighted by Crippen LogP contribution is -2.61. The molecule has 16 heteroatoms. The number of cyclic esters (lactones) is 1. The molecule has 2 bridgehead atoms. The number of methoxy groups -OCH3 is 3. The molecule has 0 aromatic rings. The summed E-state index contributed by atoms with van der Waals surface area (Å²) in [6, 6.07) is -1.15. The van der Waals surface area contributed by atoms with Gasteiger partial charge in [0.25, 0.3) is 11.7 Å². The fourth-order valence-corrected chi connectivity index (χ4v) is 10.7. The number of fused-ring (bicyclic) bond motifs is 3. The van der Waals surface area contributed by atoms with E-state index in [0.29, 0.717) is 76.6 Å². The van der Waals surface area contributed by atoms with Crippen LogP contribution in [0.5, 0.6) is 0 Å². The highest BCUT2D eigenvalue weighted by atomic mass is 16.6. The number of amides is 1. The molecule has 16 nitrogen and oxygen atoms in total. The second-order valence-corrected chi connectivity index (χ2v) is 20.8. The fraction of sp³-hybridized carbons (Fsp3) is 0.764. The van der Waals surface area contributed by atoms with Crippen molar-refractivity contribution in [1.29, 1.82) is 0 Å². The first-order chi connectivity index (χ1) is 33.8. The number of allylic oxidation sites excluding steroid dienone is 6. The maximum Gasteiger partial charge on any atom is 0.329 e. The number of piperidine rings is 1. The van der Waals surface area contributed by atoms with Crippen LogP contribution in [0, 0.1) is 35.5 Å². The first kappa shape index (κ1) is 60.1. The van der Waals surface area contributed by atoms with Gasteiger partial charge >= 0.3 is 5.97 Å². The predicted octanol–water partition coefficient (Wildman–Crippen LogP) is 6.21. The van der Waals surface area contributed by atoms with Gasteiger partial charge in [0.05, 0.1) is 50.8 Å². The summed E-state index contributed by atoms with van der Waals surface area (Å²) in [5, 5.41) is 32.5. The molecule has 1 aliphatic carbocycles. The lowest BCUT2D eigenvalue weighted by molar-refractivity contribution is -0.265. The Balaban J connectivity index is 1.67. The topological polar surface area (TPSA) is 214 Å². The van der Waals surface area contributed by atoms with Gasteiger partial charge in [-0.15, -0.1) is 0 Å². The minimum absolute atomic E-state index is 0.0129. The first-order valence-corrected chi connectivity index (χ1v) is 26.1. The molecule has 15 atom stereocenters. The Labute approximate surface area is 422 Å². The van der Waals surface area contributed by atoms with Crippen molar-refractivity contribution < 1.29 is 72.5 Å². The largest absolute Gasteiger partial charge is 0.460 e. The van der Waals surface area contributed by atoms with Crippen molar-refractivity contribution in [3.8, 4) is 0 Å². The maximum atomic E-state index is 14.5. The molecule has 1 saturated carbocycles. The molecule has 3 heterocycles. The number of hydrogen-bond acceptors (Lipinski definition) is 15. The number of hydrogen-bond donors (Lipinski definition) is 3. The molecular weight excluding hydrogens is 915 g/mol. The Morgan fingerprint density at radius 2 is 1.58 bits per heavy atom. The number of ketones is 3. The molecule has 0 spiro atoms. The van der Waals surface area contributed by atoms with E-state index in [1.165, 1.54) is 12.0 Å². The van der Waals surface area contributed by atoms with E-state index in [1.54, 1.807) is 41.1 Å². The number of aliphatic hydroxyl groups is 3. The zero-order valence-electron chi connectivity index (χ0n) is 44.3.